The van der Waals surface area contributed by atoms with Gasteiger partial charge in [0.15, 0.2) is 0 Å². The first-order valence-corrected chi connectivity index (χ1v) is 5.61. The van der Waals surface area contributed by atoms with E-state index >= 15 is 0 Å². The van der Waals surface area contributed by atoms with Crippen molar-refractivity contribution in [2.45, 2.75) is 13.5 Å². The van der Waals surface area contributed by atoms with Crippen molar-refractivity contribution in [3.8, 4) is 11.1 Å². The fourth-order valence-corrected chi connectivity index (χ4v) is 1.81. The molecule has 0 spiro atoms. The summed E-state index contributed by atoms with van der Waals surface area (Å²) in [5.41, 5.74) is 2.49. The number of nitrogens with one attached hydrogen (secondary N) is 1. The molecule has 88 valence electrons. The molecule has 0 unspecified atom stereocenters. The summed E-state index contributed by atoms with van der Waals surface area (Å²) in [5.74, 6) is -0.108. The summed E-state index contributed by atoms with van der Waals surface area (Å²) in [4.78, 5) is 11.9. The van der Waals surface area contributed by atoms with E-state index in [9.17, 15) is 4.79 Å². The summed E-state index contributed by atoms with van der Waals surface area (Å²) in [5, 5.41) is 6.89. The molecule has 1 amide bonds. The van der Waals surface area contributed by atoms with E-state index in [1.54, 1.807) is 17.9 Å². The fraction of sp³-hybridized carbons (Fsp3) is 0.231. The maximum Gasteiger partial charge on any atom is 0.269 e. The minimum Gasteiger partial charge on any atom is -0.354 e. The number of hydrogen-bond donors (Lipinski definition) is 1. The Kier molecular flexibility index (Phi) is 3.23. The lowest BCUT2D eigenvalue weighted by Gasteiger charge is -2.06. The van der Waals surface area contributed by atoms with E-state index in [1.165, 1.54) is 0 Å². The standard InChI is InChI=1S/C13H15N3O/c1-3-16-12(13(17)14-2)11(9-15-16)10-7-5-4-6-8-10/h4-9H,3H2,1-2H3,(H,14,17). The molecule has 1 heterocycles. The second kappa shape index (κ2) is 4.82. The van der Waals surface area contributed by atoms with Crippen LogP contribution in [0.2, 0.25) is 0 Å². The topological polar surface area (TPSA) is 46.9 Å². The average Bonchev–Trinajstić information content (AvgIpc) is 2.82. The molecule has 0 aliphatic heterocycles. The van der Waals surface area contributed by atoms with E-state index < -0.39 is 0 Å². The third kappa shape index (κ3) is 2.06. The van der Waals surface area contributed by atoms with Gasteiger partial charge in [-0.1, -0.05) is 30.3 Å². The van der Waals surface area contributed by atoms with Crippen LogP contribution in [0.15, 0.2) is 36.5 Å². The monoisotopic (exact) mass is 229 g/mol. The third-order valence-corrected chi connectivity index (χ3v) is 2.67. The molecular weight excluding hydrogens is 214 g/mol. The molecular formula is C13H15N3O. The van der Waals surface area contributed by atoms with Crippen LogP contribution < -0.4 is 5.32 Å². The Bertz CT molecular complexity index is 517. The van der Waals surface area contributed by atoms with Gasteiger partial charge in [-0.05, 0) is 12.5 Å². The molecule has 1 aromatic carbocycles. The normalized spacial score (nSPS) is 10.2. The van der Waals surface area contributed by atoms with Crippen LogP contribution in [0.4, 0.5) is 0 Å². The molecule has 0 saturated carbocycles. The van der Waals surface area contributed by atoms with E-state index in [-0.39, 0.29) is 5.91 Å². The molecule has 2 aromatic rings. The van der Waals surface area contributed by atoms with E-state index in [0.29, 0.717) is 12.2 Å². The van der Waals surface area contributed by atoms with Gasteiger partial charge in [0.25, 0.3) is 5.91 Å². The molecule has 4 heteroatoms. The van der Waals surface area contributed by atoms with Crippen molar-refractivity contribution >= 4 is 5.91 Å². The van der Waals surface area contributed by atoms with Gasteiger partial charge in [0.05, 0.1) is 6.20 Å². The summed E-state index contributed by atoms with van der Waals surface area (Å²) >= 11 is 0. The lowest BCUT2D eigenvalue weighted by molar-refractivity contribution is 0.0953. The number of amides is 1. The van der Waals surface area contributed by atoms with Crippen LogP contribution in [-0.2, 0) is 6.54 Å². The number of nitrogens with zero attached hydrogens (tertiary/aromatic N) is 2. The first-order chi connectivity index (χ1) is 8.27. The van der Waals surface area contributed by atoms with Crippen molar-refractivity contribution in [1.82, 2.24) is 15.1 Å². The molecule has 0 aliphatic rings. The van der Waals surface area contributed by atoms with E-state index in [1.807, 2.05) is 37.3 Å². The van der Waals surface area contributed by atoms with E-state index in [0.717, 1.165) is 11.1 Å². The van der Waals surface area contributed by atoms with Crippen LogP contribution >= 0.6 is 0 Å². The first kappa shape index (κ1) is 11.4. The second-order valence-corrected chi connectivity index (χ2v) is 3.67. The molecule has 1 aromatic heterocycles. The van der Waals surface area contributed by atoms with Crippen LogP contribution in [0.25, 0.3) is 11.1 Å². The number of aromatic nitrogens is 2. The summed E-state index contributed by atoms with van der Waals surface area (Å²) in [6, 6.07) is 9.80. The Hall–Kier alpha value is -2.10. The van der Waals surface area contributed by atoms with Crippen LogP contribution in [0.3, 0.4) is 0 Å². The zero-order valence-corrected chi connectivity index (χ0v) is 9.97. The maximum absolute atomic E-state index is 11.9. The van der Waals surface area contributed by atoms with Gasteiger partial charge < -0.3 is 5.32 Å². The highest BCUT2D eigenvalue weighted by atomic mass is 16.1. The molecule has 0 aliphatic carbocycles. The van der Waals surface area contributed by atoms with Crippen LogP contribution in [0.1, 0.15) is 17.4 Å². The van der Waals surface area contributed by atoms with Gasteiger partial charge in [0, 0.05) is 19.2 Å². The summed E-state index contributed by atoms with van der Waals surface area (Å²) in [6.07, 6.45) is 1.74. The van der Waals surface area contributed by atoms with Crippen molar-refractivity contribution in [3.63, 3.8) is 0 Å². The van der Waals surface area contributed by atoms with Gasteiger partial charge in [-0.25, -0.2) is 0 Å². The SMILES string of the molecule is CCn1ncc(-c2ccccc2)c1C(=O)NC. The van der Waals surface area contributed by atoms with E-state index in [2.05, 4.69) is 10.4 Å². The molecule has 0 radical (unpaired) electrons. The third-order valence-electron chi connectivity index (χ3n) is 2.67. The van der Waals surface area contributed by atoms with Crippen molar-refractivity contribution in [2.24, 2.45) is 0 Å². The lowest BCUT2D eigenvalue weighted by Crippen LogP contribution is -2.22. The highest BCUT2D eigenvalue weighted by Crippen LogP contribution is 2.23. The van der Waals surface area contributed by atoms with Crippen molar-refractivity contribution in [2.75, 3.05) is 7.05 Å². The van der Waals surface area contributed by atoms with Gasteiger partial charge in [-0.2, -0.15) is 5.10 Å². The summed E-state index contributed by atoms with van der Waals surface area (Å²) < 4.78 is 1.71. The zero-order chi connectivity index (χ0) is 12.3. The summed E-state index contributed by atoms with van der Waals surface area (Å²) in [7, 11) is 1.63. The van der Waals surface area contributed by atoms with Crippen molar-refractivity contribution < 1.29 is 4.79 Å². The number of carbonyl (C=O) groups is 1. The lowest BCUT2D eigenvalue weighted by atomic mass is 10.1. The minimum absolute atomic E-state index is 0.108. The van der Waals surface area contributed by atoms with Crippen molar-refractivity contribution in [3.05, 3.63) is 42.2 Å². The minimum atomic E-state index is -0.108. The first-order valence-electron chi connectivity index (χ1n) is 5.61. The molecule has 2 rings (SSSR count). The quantitative estimate of drug-likeness (QED) is 0.874. The molecule has 0 atom stereocenters. The summed E-state index contributed by atoms with van der Waals surface area (Å²) in [6.45, 7) is 2.64. The molecule has 0 saturated heterocycles. The van der Waals surface area contributed by atoms with Crippen molar-refractivity contribution in [1.29, 1.82) is 0 Å². The van der Waals surface area contributed by atoms with Gasteiger partial charge in [0.1, 0.15) is 5.69 Å². The number of carbonyl (C=O) groups excluding carboxylic acids is 1. The number of rotatable bonds is 3. The predicted octanol–water partition coefficient (Wildman–Crippen LogP) is 1.93. The van der Waals surface area contributed by atoms with Gasteiger partial charge >= 0.3 is 0 Å². The van der Waals surface area contributed by atoms with Crippen LogP contribution in [0, 0.1) is 0 Å². The van der Waals surface area contributed by atoms with Crippen LogP contribution in [-0.4, -0.2) is 22.7 Å². The zero-order valence-electron chi connectivity index (χ0n) is 9.97. The highest BCUT2D eigenvalue weighted by molar-refractivity contribution is 5.99. The average molecular weight is 229 g/mol. The molecule has 0 bridgehead atoms. The predicted molar refractivity (Wildman–Crippen MR) is 66.7 cm³/mol. The van der Waals surface area contributed by atoms with Gasteiger partial charge in [-0.3, -0.25) is 9.48 Å². The van der Waals surface area contributed by atoms with E-state index in [4.69, 9.17) is 0 Å². The molecule has 0 fully saturated rings. The maximum atomic E-state index is 11.9. The second-order valence-electron chi connectivity index (χ2n) is 3.67. The Labute approximate surface area is 100 Å². The van der Waals surface area contributed by atoms with Crippen LogP contribution in [0.5, 0.6) is 0 Å². The van der Waals surface area contributed by atoms with Gasteiger partial charge in [0.2, 0.25) is 0 Å². The Morgan fingerprint density at radius 1 is 1.35 bits per heavy atom. The number of hydrogen-bond acceptors (Lipinski definition) is 2. The molecule has 4 nitrogen and oxygen atoms in total. The largest absolute Gasteiger partial charge is 0.354 e. The highest BCUT2D eigenvalue weighted by Gasteiger charge is 2.17. The smallest absolute Gasteiger partial charge is 0.269 e. The Morgan fingerprint density at radius 2 is 2.06 bits per heavy atom. The van der Waals surface area contributed by atoms with Gasteiger partial charge in [-0.15, -0.1) is 0 Å². The number of aryl methyl sites for hydroxylation is 1. The molecule has 17 heavy (non-hydrogen) atoms. The molecule has 1 N–H and O–H groups in total. The Balaban J connectivity index is 2.55. The Morgan fingerprint density at radius 3 is 2.65 bits per heavy atom. The number of benzene rings is 1. The fourth-order valence-electron chi connectivity index (χ4n) is 1.81.